The molecule has 8 heteroatoms. The molecule has 4 rings (SSSR count). The molecule has 0 bridgehead atoms. The van der Waals surface area contributed by atoms with E-state index in [0.717, 1.165) is 11.1 Å². The molecule has 0 fully saturated rings. The van der Waals surface area contributed by atoms with Gasteiger partial charge in [-0.15, -0.1) is 0 Å². The lowest BCUT2D eigenvalue weighted by molar-refractivity contribution is -0.124. The number of esters is 1. The average Bonchev–Trinajstić information content (AvgIpc) is 3.23. The Bertz CT molecular complexity index is 1290. The first-order chi connectivity index (χ1) is 15.4. The van der Waals surface area contributed by atoms with Gasteiger partial charge in [0.1, 0.15) is 5.82 Å². The summed E-state index contributed by atoms with van der Waals surface area (Å²) in [6.45, 7) is 3.64. The molecule has 1 amide bonds. The lowest BCUT2D eigenvalue weighted by Gasteiger charge is -2.17. The van der Waals surface area contributed by atoms with E-state index in [0.29, 0.717) is 39.6 Å². The molecule has 1 atom stereocenters. The number of H-pyrrole nitrogens is 1. The Kier molecular flexibility index (Phi) is 6.18. The van der Waals surface area contributed by atoms with E-state index in [-0.39, 0.29) is 0 Å². The maximum Gasteiger partial charge on any atom is 0.338 e. The number of nitrogens with one attached hydrogen (secondary N) is 2. The summed E-state index contributed by atoms with van der Waals surface area (Å²) in [4.78, 5) is 37.3. The van der Waals surface area contributed by atoms with Crippen LogP contribution in [-0.4, -0.2) is 32.9 Å². The summed E-state index contributed by atoms with van der Waals surface area (Å²) >= 11 is 6.02. The highest BCUT2D eigenvalue weighted by Gasteiger charge is 2.23. The summed E-state index contributed by atoms with van der Waals surface area (Å²) < 4.78 is 5.50. The molecule has 0 aliphatic rings. The fraction of sp³-hybridized carbons (Fsp3) is 0.167. The minimum atomic E-state index is -0.940. The zero-order valence-corrected chi connectivity index (χ0v) is 18.3. The van der Waals surface area contributed by atoms with Crippen LogP contribution in [0.15, 0.2) is 60.9 Å². The molecule has 2 N–H and O–H groups in total. The van der Waals surface area contributed by atoms with E-state index in [1.165, 1.54) is 0 Å². The molecule has 32 heavy (non-hydrogen) atoms. The Hall–Kier alpha value is -3.71. The van der Waals surface area contributed by atoms with Crippen LogP contribution < -0.4 is 5.32 Å². The molecule has 1 unspecified atom stereocenters. The molecule has 0 aliphatic carbocycles. The quantitative estimate of drug-likeness (QED) is 0.397. The SMILES string of the molecule is CCC(OC(=O)c1ccc2nc(-c3cccnc3)[nH]c2c1)C(=O)Nc1cc(Cl)ccc1C. The molecule has 0 saturated heterocycles. The van der Waals surface area contributed by atoms with Gasteiger partial charge in [0.15, 0.2) is 6.10 Å². The molecular weight excluding hydrogens is 428 g/mol. The largest absolute Gasteiger partial charge is 0.449 e. The van der Waals surface area contributed by atoms with Crippen LogP contribution >= 0.6 is 11.6 Å². The molecule has 0 radical (unpaired) electrons. The zero-order valence-electron chi connectivity index (χ0n) is 17.6. The number of rotatable bonds is 6. The first kappa shape index (κ1) is 21.5. The van der Waals surface area contributed by atoms with Gasteiger partial charge in [0.05, 0.1) is 16.6 Å². The monoisotopic (exact) mass is 448 g/mol. The van der Waals surface area contributed by atoms with Crippen molar-refractivity contribution in [1.82, 2.24) is 15.0 Å². The molecule has 0 spiro atoms. The average molecular weight is 449 g/mol. The fourth-order valence-corrected chi connectivity index (χ4v) is 3.41. The second-order valence-electron chi connectivity index (χ2n) is 7.31. The maximum absolute atomic E-state index is 12.7. The first-order valence-corrected chi connectivity index (χ1v) is 10.5. The number of benzene rings is 2. The number of halogens is 1. The van der Waals surface area contributed by atoms with Gasteiger partial charge in [-0.1, -0.05) is 24.6 Å². The van der Waals surface area contributed by atoms with Crippen LogP contribution in [0.2, 0.25) is 5.02 Å². The Balaban J connectivity index is 1.50. The van der Waals surface area contributed by atoms with Crippen LogP contribution in [0.4, 0.5) is 5.69 Å². The normalized spacial score (nSPS) is 11.8. The predicted molar refractivity (Wildman–Crippen MR) is 124 cm³/mol. The maximum atomic E-state index is 12.7. The van der Waals surface area contributed by atoms with Gasteiger partial charge in [-0.2, -0.15) is 0 Å². The first-order valence-electron chi connectivity index (χ1n) is 10.1. The third kappa shape index (κ3) is 4.63. The Labute approximate surface area is 189 Å². The van der Waals surface area contributed by atoms with Crippen LogP contribution in [0.25, 0.3) is 22.4 Å². The summed E-state index contributed by atoms with van der Waals surface area (Å²) in [6.07, 6.45) is 2.78. The molecule has 162 valence electrons. The number of imidazole rings is 1. The molecule has 2 heterocycles. The summed E-state index contributed by atoms with van der Waals surface area (Å²) in [5.74, 6) is -0.344. The highest BCUT2D eigenvalue weighted by Crippen LogP contribution is 2.23. The third-order valence-electron chi connectivity index (χ3n) is 5.02. The van der Waals surface area contributed by atoms with Crippen LogP contribution in [-0.2, 0) is 9.53 Å². The molecular formula is C24H21ClN4O3. The van der Waals surface area contributed by atoms with Crippen molar-refractivity contribution in [3.05, 3.63) is 77.1 Å². The molecule has 2 aromatic heterocycles. The van der Waals surface area contributed by atoms with Crippen molar-refractivity contribution in [2.75, 3.05) is 5.32 Å². The van der Waals surface area contributed by atoms with E-state index >= 15 is 0 Å². The number of anilines is 1. The highest BCUT2D eigenvalue weighted by molar-refractivity contribution is 6.31. The van der Waals surface area contributed by atoms with E-state index in [4.69, 9.17) is 16.3 Å². The minimum absolute atomic E-state index is 0.323. The Morgan fingerprint density at radius 2 is 2.03 bits per heavy atom. The third-order valence-corrected chi connectivity index (χ3v) is 5.26. The number of nitrogens with zero attached hydrogens (tertiary/aromatic N) is 2. The van der Waals surface area contributed by atoms with Gasteiger partial charge < -0.3 is 15.0 Å². The summed E-state index contributed by atoms with van der Waals surface area (Å²) in [5.41, 5.74) is 4.00. The van der Waals surface area contributed by atoms with Crippen LogP contribution in [0.5, 0.6) is 0 Å². The van der Waals surface area contributed by atoms with Gasteiger partial charge in [0.25, 0.3) is 5.91 Å². The van der Waals surface area contributed by atoms with Crippen molar-refractivity contribution in [3.8, 4) is 11.4 Å². The minimum Gasteiger partial charge on any atom is -0.449 e. The van der Waals surface area contributed by atoms with Gasteiger partial charge in [0.2, 0.25) is 0 Å². The predicted octanol–water partition coefficient (Wildman–Crippen LogP) is 5.16. The summed E-state index contributed by atoms with van der Waals surface area (Å²) in [6, 6.07) is 14.0. The van der Waals surface area contributed by atoms with Crippen LogP contribution in [0.3, 0.4) is 0 Å². The van der Waals surface area contributed by atoms with E-state index in [9.17, 15) is 9.59 Å². The molecule has 4 aromatic rings. The van der Waals surface area contributed by atoms with Crippen LogP contribution in [0.1, 0.15) is 29.3 Å². The van der Waals surface area contributed by atoms with Crippen LogP contribution in [0, 0.1) is 6.92 Å². The molecule has 2 aromatic carbocycles. The zero-order chi connectivity index (χ0) is 22.7. The number of carbonyl (C=O) groups excluding carboxylic acids is 2. The van der Waals surface area contributed by atoms with Crippen molar-refractivity contribution in [1.29, 1.82) is 0 Å². The van der Waals surface area contributed by atoms with E-state index < -0.39 is 18.0 Å². The van der Waals surface area contributed by atoms with Gasteiger partial charge in [0, 0.05) is 28.7 Å². The van der Waals surface area contributed by atoms with Crippen molar-refractivity contribution in [2.45, 2.75) is 26.4 Å². The second kappa shape index (κ2) is 9.20. The van der Waals surface area contributed by atoms with E-state index in [1.54, 1.807) is 49.6 Å². The number of hydrogen-bond donors (Lipinski definition) is 2. The number of carbonyl (C=O) groups is 2. The highest BCUT2D eigenvalue weighted by atomic mass is 35.5. The number of amides is 1. The summed E-state index contributed by atoms with van der Waals surface area (Å²) in [5, 5.41) is 3.30. The van der Waals surface area contributed by atoms with Crippen molar-refractivity contribution < 1.29 is 14.3 Å². The van der Waals surface area contributed by atoms with Gasteiger partial charge in [-0.3, -0.25) is 9.78 Å². The topological polar surface area (TPSA) is 97.0 Å². The van der Waals surface area contributed by atoms with E-state index in [2.05, 4.69) is 20.3 Å². The molecule has 0 aliphatic heterocycles. The molecule has 7 nitrogen and oxygen atoms in total. The van der Waals surface area contributed by atoms with Crippen molar-refractivity contribution in [2.24, 2.45) is 0 Å². The molecule has 0 saturated carbocycles. The number of aryl methyl sites for hydroxylation is 1. The number of hydrogen-bond acceptors (Lipinski definition) is 5. The number of aromatic nitrogens is 3. The summed E-state index contributed by atoms with van der Waals surface area (Å²) in [7, 11) is 0. The second-order valence-corrected chi connectivity index (χ2v) is 7.75. The van der Waals surface area contributed by atoms with E-state index in [1.807, 2.05) is 25.1 Å². The lowest BCUT2D eigenvalue weighted by Crippen LogP contribution is -2.32. The smallest absolute Gasteiger partial charge is 0.338 e. The number of aromatic amines is 1. The Morgan fingerprint density at radius 3 is 2.78 bits per heavy atom. The number of fused-ring (bicyclic) bond motifs is 1. The number of pyridine rings is 1. The van der Waals surface area contributed by atoms with Gasteiger partial charge >= 0.3 is 5.97 Å². The standard InChI is InChI=1S/C24H21ClN4O3/c1-3-21(23(30)29-19-12-17(25)8-6-14(19)2)32-24(31)15-7-9-18-20(11-15)28-22(27-18)16-5-4-10-26-13-16/h4-13,21H,3H2,1-2H3,(H,27,28)(H,29,30). The fourth-order valence-electron chi connectivity index (χ4n) is 3.24. The van der Waals surface area contributed by atoms with Crippen molar-refractivity contribution in [3.63, 3.8) is 0 Å². The van der Waals surface area contributed by atoms with Gasteiger partial charge in [-0.25, -0.2) is 9.78 Å². The van der Waals surface area contributed by atoms with Crippen molar-refractivity contribution >= 4 is 40.2 Å². The van der Waals surface area contributed by atoms with Gasteiger partial charge in [-0.05, 0) is 61.4 Å². The number of ether oxygens (including phenoxy) is 1. The lowest BCUT2D eigenvalue weighted by atomic mass is 10.1. The Morgan fingerprint density at radius 1 is 1.19 bits per heavy atom.